The van der Waals surface area contributed by atoms with Crippen molar-refractivity contribution in [3.63, 3.8) is 0 Å². The van der Waals surface area contributed by atoms with E-state index in [2.05, 4.69) is 10.2 Å². The number of anilines is 2. The van der Waals surface area contributed by atoms with Gasteiger partial charge in [0.05, 0.1) is 17.1 Å². The van der Waals surface area contributed by atoms with Crippen LogP contribution < -0.4 is 10.2 Å². The predicted molar refractivity (Wildman–Crippen MR) is 115 cm³/mol. The molecule has 4 rings (SSSR count). The van der Waals surface area contributed by atoms with Gasteiger partial charge in [0, 0.05) is 26.2 Å². The SMILES string of the molecule is CN(C[C@H]1CCCN1C(=O)OC(C)(C)C)c1nc2ccccc2nc1NC1CC1. The zero-order chi connectivity index (χ0) is 20.6. The smallest absolute Gasteiger partial charge is 0.410 e. The number of hydrogen-bond donors (Lipinski definition) is 1. The summed E-state index contributed by atoms with van der Waals surface area (Å²) >= 11 is 0. The Balaban J connectivity index is 1.54. The minimum atomic E-state index is -0.485. The lowest BCUT2D eigenvalue weighted by Gasteiger charge is -2.31. The van der Waals surface area contributed by atoms with Gasteiger partial charge in [0.2, 0.25) is 0 Å². The molecule has 0 bridgehead atoms. The van der Waals surface area contributed by atoms with Crippen LogP contribution in [0.2, 0.25) is 0 Å². The van der Waals surface area contributed by atoms with Gasteiger partial charge in [-0.1, -0.05) is 12.1 Å². The van der Waals surface area contributed by atoms with Crippen molar-refractivity contribution < 1.29 is 9.53 Å². The zero-order valence-electron chi connectivity index (χ0n) is 17.8. The summed E-state index contributed by atoms with van der Waals surface area (Å²) in [6.07, 6.45) is 4.08. The third-order valence-electron chi connectivity index (χ3n) is 5.32. The Morgan fingerprint density at radius 3 is 2.55 bits per heavy atom. The van der Waals surface area contributed by atoms with Crippen molar-refractivity contribution in [2.24, 2.45) is 0 Å². The quantitative estimate of drug-likeness (QED) is 0.821. The lowest BCUT2D eigenvalue weighted by atomic mass is 10.2. The summed E-state index contributed by atoms with van der Waals surface area (Å²) in [6, 6.07) is 8.54. The van der Waals surface area contributed by atoms with Crippen molar-refractivity contribution in [3.8, 4) is 0 Å². The molecular formula is C22H31N5O2. The van der Waals surface area contributed by atoms with Gasteiger partial charge in [0.15, 0.2) is 11.6 Å². The number of rotatable bonds is 5. The Kier molecular flexibility index (Phi) is 5.23. The van der Waals surface area contributed by atoms with Crippen LogP contribution in [-0.4, -0.2) is 58.8 Å². The highest BCUT2D eigenvalue weighted by atomic mass is 16.6. The molecule has 1 saturated heterocycles. The summed E-state index contributed by atoms with van der Waals surface area (Å²) < 4.78 is 5.61. The number of ether oxygens (including phenoxy) is 1. The molecule has 1 aliphatic carbocycles. The van der Waals surface area contributed by atoms with Gasteiger partial charge in [-0.3, -0.25) is 0 Å². The van der Waals surface area contributed by atoms with Crippen molar-refractivity contribution >= 4 is 28.8 Å². The van der Waals surface area contributed by atoms with Crippen LogP contribution in [0.1, 0.15) is 46.5 Å². The van der Waals surface area contributed by atoms with E-state index in [1.807, 2.05) is 57.0 Å². The minimum Gasteiger partial charge on any atom is -0.444 e. The van der Waals surface area contributed by atoms with E-state index in [-0.39, 0.29) is 12.1 Å². The van der Waals surface area contributed by atoms with E-state index in [1.54, 1.807) is 0 Å². The lowest BCUT2D eigenvalue weighted by Crippen LogP contribution is -2.44. The Morgan fingerprint density at radius 1 is 1.21 bits per heavy atom. The molecule has 29 heavy (non-hydrogen) atoms. The average Bonchev–Trinajstić information content (AvgIpc) is 3.34. The Bertz CT molecular complexity index is 890. The number of para-hydroxylation sites is 2. The number of fused-ring (bicyclic) bond motifs is 1. The van der Waals surface area contributed by atoms with Crippen molar-refractivity contribution in [1.82, 2.24) is 14.9 Å². The monoisotopic (exact) mass is 397 g/mol. The molecule has 2 aromatic rings. The summed E-state index contributed by atoms with van der Waals surface area (Å²) in [7, 11) is 2.03. The van der Waals surface area contributed by atoms with Gasteiger partial charge >= 0.3 is 6.09 Å². The zero-order valence-corrected chi connectivity index (χ0v) is 17.8. The van der Waals surface area contributed by atoms with Crippen LogP contribution >= 0.6 is 0 Å². The third-order valence-corrected chi connectivity index (χ3v) is 5.32. The molecule has 7 heteroatoms. The fraction of sp³-hybridized carbons (Fsp3) is 0.591. The Morgan fingerprint density at radius 2 is 1.90 bits per heavy atom. The van der Waals surface area contributed by atoms with Crippen LogP contribution in [0, 0.1) is 0 Å². The van der Waals surface area contributed by atoms with Crippen molar-refractivity contribution in [3.05, 3.63) is 24.3 Å². The number of likely N-dealkylation sites (tertiary alicyclic amines) is 1. The van der Waals surface area contributed by atoms with Crippen LogP contribution in [0.3, 0.4) is 0 Å². The molecule has 1 aliphatic heterocycles. The number of hydrogen-bond acceptors (Lipinski definition) is 6. The molecule has 1 amide bonds. The first-order valence-corrected chi connectivity index (χ1v) is 10.5. The molecule has 2 heterocycles. The van der Waals surface area contributed by atoms with Gasteiger partial charge in [-0.2, -0.15) is 0 Å². The van der Waals surface area contributed by atoms with Gasteiger partial charge in [0.1, 0.15) is 5.60 Å². The molecule has 1 aromatic heterocycles. The Hall–Kier alpha value is -2.57. The molecule has 0 radical (unpaired) electrons. The summed E-state index contributed by atoms with van der Waals surface area (Å²) in [5, 5.41) is 3.53. The number of carbonyl (C=O) groups is 1. The van der Waals surface area contributed by atoms with Gasteiger partial charge in [-0.25, -0.2) is 14.8 Å². The largest absolute Gasteiger partial charge is 0.444 e. The number of nitrogens with one attached hydrogen (secondary N) is 1. The van der Waals surface area contributed by atoms with Gasteiger partial charge in [-0.05, 0) is 58.6 Å². The molecule has 7 nitrogen and oxygen atoms in total. The van der Waals surface area contributed by atoms with E-state index in [1.165, 1.54) is 12.8 Å². The fourth-order valence-corrected chi connectivity index (χ4v) is 3.76. The number of carbonyl (C=O) groups excluding carboxylic acids is 1. The van der Waals surface area contributed by atoms with Crippen LogP contribution in [0.5, 0.6) is 0 Å². The molecule has 2 fully saturated rings. The second kappa shape index (κ2) is 7.69. The number of likely N-dealkylation sites (N-methyl/N-ethyl adjacent to an activating group) is 1. The van der Waals surface area contributed by atoms with Crippen LogP contribution in [0.25, 0.3) is 11.0 Å². The number of benzene rings is 1. The van der Waals surface area contributed by atoms with Gasteiger partial charge in [0.25, 0.3) is 0 Å². The van der Waals surface area contributed by atoms with E-state index >= 15 is 0 Å². The van der Waals surface area contributed by atoms with E-state index in [9.17, 15) is 4.79 Å². The molecular weight excluding hydrogens is 366 g/mol. The predicted octanol–water partition coefficient (Wildman–Crippen LogP) is 4.04. The molecule has 1 saturated carbocycles. The second-order valence-corrected chi connectivity index (χ2v) is 9.15. The van der Waals surface area contributed by atoms with Gasteiger partial charge in [-0.15, -0.1) is 0 Å². The van der Waals surface area contributed by atoms with E-state index < -0.39 is 5.60 Å². The first-order chi connectivity index (χ1) is 13.8. The maximum absolute atomic E-state index is 12.6. The summed E-state index contributed by atoms with van der Waals surface area (Å²) in [5.41, 5.74) is 1.29. The molecule has 0 spiro atoms. The summed E-state index contributed by atoms with van der Waals surface area (Å²) in [6.45, 7) is 7.16. The molecule has 156 valence electrons. The van der Waals surface area contributed by atoms with E-state index in [4.69, 9.17) is 14.7 Å². The second-order valence-electron chi connectivity index (χ2n) is 9.15. The first kappa shape index (κ1) is 19.7. The number of aromatic nitrogens is 2. The Labute approximate surface area is 172 Å². The molecule has 2 aliphatic rings. The molecule has 1 N–H and O–H groups in total. The number of amides is 1. The van der Waals surface area contributed by atoms with Crippen molar-refractivity contribution in [1.29, 1.82) is 0 Å². The standard InChI is InChI=1S/C22H31N5O2/c1-22(2,3)29-21(28)27-13-7-8-16(27)14-26(4)20-19(23-15-11-12-15)24-17-9-5-6-10-18(17)25-20/h5-6,9-10,15-16H,7-8,11-14H2,1-4H3,(H,23,24)/t16-/m1/s1. The van der Waals surface area contributed by atoms with E-state index in [0.717, 1.165) is 42.1 Å². The lowest BCUT2D eigenvalue weighted by molar-refractivity contribution is 0.0232. The van der Waals surface area contributed by atoms with Crippen molar-refractivity contribution in [2.45, 2.75) is 64.1 Å². The average molecular weight is 398 g/mol. The highest BCUT2D eigenvalue weighted by Gasteiger charge is 2.33. The topological polar surface area (TPSA) is 70.6 Å². The molecule has 1 aromatic carbocycles. The molecule has 0 unspecified atom stereocenters. The highest BCUT2D eigenvalue weighted by Crippen LogP contribution is 2.31. The van der Waals surface area contributed by atoms with Crippen LogP contribution in [0.4, 0.5) is 16.4 Å². The third kappa shape index (κ3) is 4.71. The van der Waals surface area contributed by atoms with Crippen LogP contribution in [0.15, 0.2) is 24.3 Å². The fourth-order valence-electron chi connectivity index (χ4n) is 3.76. The summed E-state index contributed by atoms with van der Waals surface area (Å²) in [4.78, 5) is 26.3. The first-order valence-electron chi connectivity index (χ1n) is 10.5. The summed E-state index contributed by atoms with van der Waals surface area (Å²) in [5.74, 6) is 1.67. The normalized spacial score (nSPS) is 19.4. The van der Waals surface area contributed by atoms with Gasteiger partial charge < -0.3 is 19.9 Å². The minimum absolute atomic E-state index is 0.108. The molecule has 1 atom stereocenters. The highest BCUT2D eigenvalue weighted by molar-refractivity contribution is 5.80. The number of nitrogens with zero attached hydrogens (tertiary/aromatic N) is 4. The van der Waals surface area contributed by atoms with Crippen LogP contribution in [-0.2, 0) is 4.74 Å². The van der Waals surface area contributed by atoms with E-state index in [0.29, 0.717) is 12.6 Å². The van der Waals surface area contributed by atoms with Crippen molar-refractivity contribution in [2.75, 3.05) is 30.4 Å². The maximum atomic E-state index is 12.6. The maximum Gasteiger partial charge on any atom is 0.410 e.